The maximum atomic E-state index is 3.80. The van der Waals surface area contributed by atoms with E-state index in [9.17, 15) is 0 Å². The third-order valence-electron chi connectivity index (χ3n) is 4.51. The summed E-state index contributed by atoms with van der Waals surface area (Å²) in [5.41, 5.74) is 0.600. The Labute approximate surface area is 115 Å². The van der Waals surface area contributed by atoms with Crippen LogP contribution in [0.15, 0.2) is 0 Å². The Bertz CT molecular complexity index is 219. The molecule has 2 saturated carbocycles. The summed E-state index contributed by atoms with van der Waals surface area (Å²) >= 11 is 3.80. The second-order valence-electron chi connectivity index (χ2n) is 6.37. The molecular formula is C15H28BrN. The van der Waals surface area contributed by atoms with Crippen LogP contribution in [-0.2, 0) is 0 Å². The summed E-state index contributed by atoms with van der Waals surface area (Å²) in [5, 5.41) is 1.21. The Morgan fingerprint density at radius 3 is 2.41 bits per heavy atom. The highest BCUT2D eigenvalue weighted by molar-refractivity contribution is 9.09. The van der Waals surface area contributed by atoms with Crippen LogP contribution in [0, 0.1) is 11.3 Å². The third kappa shape index (κ3) is 4.24. The number of hydrogen-bond donors (Lipinski definition) is 0. The molecule has 0 aromatic heterocycles. The van der Waals surface area contributed by atoms with Crippen molar-refractivity contribution in [3.8, 4) is 0 Å². The minimum Gasteiger partial charge on any atom is -0.302 e. The highest BCUT2D eigenvalue weighted by Crippen LogP contribution is 2.39. The van der Waals surface area contributed by atoms with E-state index < -0.39 is 0 Å². The molecular weight excluding hydrogens is 274 g/mol. The third-order valence-corrected chi connectivity index (χ3v) is 5.70. The van der Waals surface area contributed by atoms with Crippen molar-refractivity contribution in [3.63, 3.8) is 0 Å². The van der Waals surface area contributed by atoms with Gasteiger partial charge in [-0.25, -0.2) is 0 Å². The van der Waals surface area contributed by atoms with Crippen molar-refractivity contribution < 1.29 is 0 Å². The zero-order valence-electron chi connectivity index (χ0n) is 11.4. The van der Waals surface area contributed by atoms with Gasteiger partial charge in [-0.05, 0) is 50.0 Å². The zero-order valence-corrected chi connectivity index (χ0v) is 13.0. The molecule has 0 bridgehead atoms. The maximum absolute atomic E-state index is 3.80. The molecule has 2 aliphatic carbocycles. The van der Waals surface area contributed by atoms with Crippen LogP contribution in [0.25, 0.3) is 0 Å². The number of rotatable bonds is 7. The van der Waals surface area contributed by atoms with E-state index in [-0.39, 0.29) is 0 Å². The number of hydrogen-bond acceptors (Lipinski definition) is 1. The quantitative estimate of drug-likeness (QED) is 0.628. The summed E-state index contributed by atoms with van der Waals surface area (Å²) in [6.45, 7) is 6.36. The predicted molar refractivity (Wildman–Crippen MR) is 78.8 cm³/mol. The average molecular weight is 302 g/mol. The molecule has 1 nitrogen and oxygen atoms in total. The van der Waals surface area contributed by atoms with E-state index in [1.807, 2.05) is 0 Å². The monoisotopic (exact) mass is 301 g/mol. The molecule has 0 aromatic carbocycles. The largest absolute Gasteiger partial charge is 0.302 e. The molecule has 2 heteroatoms. The van der Waals surface area contributed by atoms with Crippen LogP contribution in [0.5, 0.6) is 0 Å². The van der Waals surface area contributed by atoms with Crippen molar-refractivity contribution in [2.24, 2.45) is 11.3 Å². The maximum Gasteiger partial charge on any atom is 0.0100 e. The number of halogens is 1. The molecule has 0 unspecified atom stereocenters. The van der Waals surface area contributed by atoms with E-state index in [2.05, 4.69) is 27.8 Å². The molecule has 0 saturated heterocycles. The van der Waals surface area contributed by atoms with Gasteiger partial charge in [0, 0.05) is 18.4 Å². The lowest BCUT2D eigenvalue weighted by molar-refractivity contribution is 0.123. The first-order valence-electron chi connectivity index (χ1n) is 7.56. The summed E-state index contributed by atoms with van der Waals surface area (Å²) in [6, 6.07) is 0. The van der Waals surface area contributed by atoms with Crippen LogP contribution < -0.4 is 0 Å². The van der Waals surface area contributed by atoms with Gasteiger partial charge in [-0.3, -0.25) is 0 Å². The van der Waals surface area contributed by atoms with Crippen molar-refractivity contribution in [2.45, 2.75) is 58.3 Å². The van der Waals surface area contributed by atoms with Gasteiger partial charge in [-0.1, -0.05) is 42.1 Å². The van der Waals surface area contributed by atoms with Crippen LogP contribution in [-0.4, -0.2) is 29.9 Å². The normalized spacial score (nSPS) is 24.2. The lowest BCUT2D eigenvalue weighted by Crippen LogP contribution is -2.41. The molecule has 0 spiro atoms. The van der Waals surface area contributed by atoms with E-state index in [0.29, 0.717) is 5.41 Å². The Morgan fingerprint density at radius 2 is 1.88 bits per heavy atom. The van der Waals surface area contributed by atoms with Crippen molar-refractivity contribution in [1.82, 2.24) is 4.90 Å². The van der Waals surface area contributed by atoms with Crippen LogP contribution in [0.2, 0.25) is 0 Å². The van der Waals surface area contributed by atoms with E-state index in [0.717, 1.165) is 5.92 Å². The van der Waals surface area contributed by atoms with Crippen LogP contribution in [0.1, 0.15) is 58.3 Å². The summed E-state index contributed by atoms with van der Waals surface area (Å²) in [4.78, 5) is 2.77. The fourth-order valence-electron chi connectivity index (χ4n) is 3.33. The van der Waals surface area contributed by atoms with E-state index in [4.69, 9.17) is 0 Å². The van der Waals surface area contributed by atoms with Gasteiger partial charge >= 0.3 is 0 Å². The van der Waals surface area contributed by atoms with Gasteiger partial charge in [0.25, 0.3) is 0 Å². The molecule has 2 fully saturated rings. The predicted octanol–water partition coefficient (Wildman–Crippen LogP) is 4.45. The molecule has 0 radical (unpaired) electrons. The smallest absolute Gasteiger partial charge is 0.0100 e. The Hall–Kier alpha value is 0.440. The topological polar surface area (TPSA) is 3.24 Å². The van der Waals surface area contributed by atoms with Crippen LogP contribution in [0.4, 0.5) is 0 Å². The second kappa shape index (κ2) is 6.56. The Balaban J connectivity index is 1.87. The molecule has 0 N–H and O–H groups in total. The van der Waals surface area contributed by atoms with Gasteiger partial charge < -0.3 is 4.90 Å². The molecule has 0 aromatic rings. The molecule has 0 amide bonds. The van der Waals surface area contributed by atoms with Crippen molar-refractivity contribution in [1.29, 1.82) is 0 Å². The molecule has 0 aliphatic heterocycles. The van der Waals surface area contributed by atoms with E-state index in [1.54, 1.807) is 0 Å². The lowest BCUT2D eigenvalue weighted by Gasteiger charge is -2.40. The van der Waals surface area contributed by atoms with E-state index in [1.165, 1.54) is 76.3 Å². The summed E-state index contributed by atoms with van der Waals surface area (Å²) in [6.07, 6.45) is 11.6. The highest BCUT2D eigenvalue weighted by Gasteiger charge is 2.34. The second-order valence-corrected chi connectivity index (χ2v) is 6.93. The first-order chi connectivity index (χ1) is 8.28. The fourth-order valence-corrected chi connectivity index (χ4v) is 4.06. The first-order valence-corrected chi connectivity index (χ1v) is 8.68. The van der Waals surface area contributed by atoms with E-state index >= 15 is 0 Å². The van der Waals surface area contributed by atoms with Crippen LogP contribution >= 0.6 is 15.9 Å². The van der Waals surface area contributed by atoms with Gasteiger partial charge in [-0.2, -0.15) is 0 Å². The average Bonchev–Trinajstić information content (AvgIpc) is 3.14. The number of nitrogens with zero attached hydrogens (tertiary/aromatic N) is 1. The molecule has 2 rings (SSSR count). The first kappa shape index (κ1) is 13.9. The minimum absolute atomic E-state index is 0.600. The SMILES string of the molecule is CCCN(CC1CC1)CC1(CBr)CCCCC1. The number of alkyl halides is 1. The lowest BCUT2D eigenvalue weighted by atomic mass is 9.75. The van der Waals surface area contributed by atoms with Crippen molar-refractivity contribution in [2.75, 3.05) is 25.0 Å². The summed E-state index contributed by atoms with van der Waals surface area (Å²) in [7, 11) is 0. The van der Waals surface area contributed by atoms with Gasteiger partial charge in [-0.15, -0.1) is 0 Å². The molecule has 0 heterocycles. The standard InChI is InChI=1S/C15H28BrN/c1-2-10-17(11-14-6-7-14)13-15(12-16)8-4-3-5-9-15/h14H,2-13H2,1H3. The van der Waals surface area contributed by atoms with Gasteiger partial charge in [0.05, 0.1) is 0 Å². The Kier molecular flexibility index (Phi) is 5.35. The molecule has 0 atom stereocenters. The van der Waals surface area contributed by atoms with Crippen molar-refractivity contribution >= 4 is 15.9 Å². The molecule has 2 aliphatic rings. The zero-order chi connectivity index (χ0) is 12.1. The Morgan fingerprint density at radius 1 is 1.18 bits per heavy atom. The molecule has 100 valence electrons. The van der Waals surface area contributed by atoms with Gasteiger partial charge in [0.2, 0.25) is 0 Å². The summed E-state index contributed by atoms with van der Waals surface area (Å²) < 4.78 is 0. The van der Waals surface area contributed by atoms with Crippen LogP contribution in [0.3, 0.4) is 0 Å². The van der Waals surface area contributed by atoms with Crippen molar-refractivity contribution in [3.05, 3.63) is 0 Å². The summed E-state index contributed by atoms with van der Waals surface area (Å²) in [5.74, 6) is 1.04. The fraction of sp³-hybridized carbons (Fsp3) is 1.00. The van der Waals surface area contributed by atoms with Gasteiger partial charge in [0.15, 0.2) is 0 Å². The minimum atomic E-state index is 0.600. The highest BCUT2D eigenvalue weighted by atomic mass is 79.9. The molecule has 17 heavy (non-hydrogen) atoms. The van der Waals surface area contributed by atoms with Gasteiger partial charge in [0.1, 0.15) is 0 Å².